The van der Waals surface area contributed by atoms with Crippen LogP contribution in [0.15, 0.2) is 48.6 Å². The molecular weight excluding hydrogens is 461 g/mol. The van der Waals surface area contributed by atoms with Gasteiger partial charge in [0, 0.05) is 19.4 Å². The van der Waals surface area contributed by atoms with Crippen molar-refractivity contribution < 1.29 is 37.6 Å². The molecular formula is C24H40NO8P. The van der Waals surface area contributed by atoms with Crippen LogP contribution in [0.5, 0.6) is 0 Å². The summed E-state index contributed by atoms with van der Waals surface area (Å²) >= 11 is 0. The SMILES string of the molecule is CC/C=C\C/C=C\C/C=C\C/C=C\CCC(=O)OC(COC(=O)CC)COP(=O)(O)OCCN. The average Bonchev–Trinajstić information content (AvgIpc) is 2.82. The van der Waals surface area contributed by atoms with Crippen LogP contribution in [0, 0.1) is 0 Å². The number of allylic oxidation sites excluding steroid dienone is 8. The fourth-order valence-corrected chi connectivity index (χ4v) is 3.10. The Morgan fingerprint density at radius 1 is 0.882 bits per heavy atom. The fraction of sp³-hybridized carbons (Fsp3) is 0.583. The summed E-state index contributed by atoms with van der Waals surface area (Å²) in [5.41, 5.74) is 5.22. The number of carbonyl (C=O) groups excluding carboxylic acids is 2. The Bertz CT molecular complexity index is 718. The van der Waals surface area contributed by atoms with Crippen LogP contribution in [0.4, 0.5) is 0 Å². The minimum absolute atomic E-state index is 0.0394. The fourth-order valence-electron chi connectivity index (χ4n) is 2.33. The molecule has 0 aliphatic rings. The van der Waals surface area contributed by atoms with Gasteiger partial charge in [-0.2, -0.15) is 0 Å². The minimum atomic E-state index is -4.35. The van der Waals surface area contributed by atoms with E-state index in [0.717, 1.165) is 25.7 Å². The van der Waals surface area contributed by atoms with Crippen molar-refractivity contribution in [2.24, 2.45) is 5.73 Å². The smallest absolute Gasteiger partial charge is 0.462 e. The van der Waals surface area contributed by atoms with Crippen molar-refractivity contribution in [3.8, 4) is 0 Å². The van der Waals surface area contributed by atoms with Gasteiger partial charge in [-0.15, -0.1) is 0 Å². The molecule has 0 saturated heterocycles. The maximum absolute atomic E-state index is 12.1. The standard InChI is InChI=1S/C24H40NO8P/c1-3-5-6-7-8-9-10-11-12-13-14-15-16-17-24(27)33-22(20-30-23(26)4-2)21-32-34(28,29)31-19-18-25/h5-6,8-9,11-12,14-15,22H,3-4,7,10,13,16-21,25H2,1-2H3,(H,28,29)/b6-5-,9-8-,12-11-,15-14-. The van der Waals surface area contributed by atoms with Crippen LogP contribution in [0.2, 0.25) is 0 Å². The topological polar surface area (TPSA) is 134 Å². The van der Waals surface area contributed by atoms with Crippen molar-refractivity contribution in [3.63, 3.8) is 0 Å². The first-order chi connectivity index (χ1) is 16.3. The van der Waals surface area contributed by atoms with Crippen LogP contribution in [0.1, 0.15) is 58.8 Å². The molecule has 34 heavy (non-hydrogen) atoms. The summed E-state index contributed by atoms with van der Waals surface area (Å²) in [6, 6.07) is 0. The molecule has 0 bridgehead atoms. The number of hydrogen-bond acceptors (Lipinski definition) is 8. The lowest BCUT2D eigenvalue weighted by atomic mass is 10.2. The van der Waals surface area contributed by atoms with E-state index in [1.807, 2.05) is 12.2 Å². The summed E-state index contributed by atoms with van der Waals surface area (Å²) in [6.07, 6.45) is 19.8. The normalized spacial score (nSPS) is 14.8. The highest BCUT2D eigenvalue weighted by molar-refractivity contribution is 7.47. The van der Waals surface area contributed by atoms with Crippen LogP contribution in [-0.4, -0.2) is 49.3 Å². The van der Waals surface area contributed by atoms with Crippen LogP contribution < -0.4 is 5.73 Å². The zero-order valence-electron chi connectivity index (χ0n) is 20.3. The van der Waals surface area contributed by atoms with Crippen molar-refractivity contribution in [1.29, 1.82) is 0 Å². The third-order valence-electron chi connectivity index (χ3n) is 4.05. The minimum Gasteiger partial charge on any atom is -0.462 e. The predicted octanol–water partition coefficient (Wildman–Crippen LogP) is 4.53. The molecule has 9 nitrogen and oxygen atoms in total. The number of phosphoric ester groups is 1. The lowest BCUT2D eigenvalue weighted by molar-refractivity contribution is -0.161. The zero-order valence-corrected chi connectivity index (χ0v) is 21.2. The van der Waals surface area contributed by atoms with E-state index < -0.39 is 32.5 Å². The highest BCUT2D eigenvalue weighted by Gasteiger charge is 2.25. The van der Waals surface area contributed by atoms with Gasteiger partial charge in [-0.05, 0) is 32.1 Å². The molecule has 3 N–H and O–H groups in total. The second kappa shape index (κ2) is 21.5. The number of rotatable bonds is 20. The van der Waals surface area contributed by atoms with Crippen molar-refractivity contribution in [2.45, 2.75) is 64.9 Å². The molecule has 10 heteroatoms. The zero-order chi connectivity index (χ0) is 25.5. The number of carbonyl (C=O) groups is 2. The van der Waals surface area contributed by atoms with Gasteiger partial charge in [-0.1, -0.05) is 62.5 Å². The van der Waals surface area contributed by atoms with Gasteiger partial charge in [0.25, 0.3) is 0 Å². The van der Waals surface area contributed by atoms with E-state index in [2.05, 4.69) is 47.9 Å². The first-order valence-electron chi connectivity index (χ1n) is 11.6. The summed E-state index contributed by atoms with van der Waals surface area (Å²) in [6.45, 7) is 2.84. The summed E-state index contributed by atoms with van der Waals surface area (Å²) in [4.78, 5) is 33.1. The first-order valence-corrected chi connectivity index (χ1v) is 13.1. The molecule has 0 aromatic carbocycles. The Labute approximate surface area is 203 Å². The van der Waals surface area contributed by atoms with Gasteiger partial charge in [-0.25, -0.2) is 4.57 Å². The van der Waals surface area contributed by atoms with Crippen molar-refractivity contribution in [2.75, 3.05) is 26.4 Å². The van der Waals surface area contributed by atoms with Crippen molar-refractivity contribution >= 4 is 19.8 Å². The van der Waals surface area contributed by atoms with Gasteiger partial charge >= 0.3 is 19.8 Å². The third-order valence-corrected chi connectivity index (χ3v) is 5.03. The Morgan fingerprint density at radius 3 is 2.03 bits per heavy atom. The van der Waals surface area contributed by atoms with E-state index in [1.165, 1.54) is 0 Å². The van der Waals surface area contributed by atoms with E-state index in [-0.39, 0.29) is 32.6 Å². The highest BCUT2D eigenvalue weighted by Crippen LogP contribution is 2.43. The maximum atomic E-state index is 12.1. The molecule has 2 atom stereocenters. The number of nitrogens with two attached hydrogens (primary N) is 1. The van der Waals surface area contributed by atoms with Gasteiger partial charge in [-0.3, -0.25) is 18.6 Å². The molecule has 0 heterocycles. The lowest BCUT2D eigenvalue weighted by Crippen LogP contribution is -2.29. The number of esters is 2. The largest absolute Gasteiger partial charge is 0.472 e. The van der Waals surface area contributed by atoms with Crippen LogP contribution in [-0.2, 0) is 32.7 Å². The quantitative estimate of drug-likeness (QED) is 0.140. The molecule has 2 unspecified atom stereocenters. The average molecular weight is 502 g/mol. The lowest BCUT2D eigenvalue weighted by Gasteiger charge is -2.19. The molecule has 0 aromatic heterocycles. The number of phosphoric acid groups is 1. The maximum Gasteiger partial charge on any atom is 0.472 e. The molecule has 0 amide bonds. The van der Waals surface area contributed by atoms with Crippen LogP contribution >= 0.6 is 7.82 Å². The van der Waals surface area contributed by atoms with Gasteiger partial charge in [0.1, 0.15) is 6.61 Å². The Morgan fingerprint density at radius 2 is 1.47 bits per heavy atom. The van der Waals surface area contributed by atoms with Crippen LogP contribution in [0.25, 0.3) is 0 Å². The highest BCUT2D eigenvalue weighted by atomic mass is 31.2. The van der Waals surface area contributed by atoms with E-state index in [1.54, 1.807) is 6.92 Å². The number of ether oxygens (including phenoxy) is 2. The summed E-state index contributed by atoms with van der Waals surface area (Å²) in [7, 11) is -4.35. The van der Waals surface area contributed by atoms with Gasteiger partial charge in [0.05, 0.1) is 13.2 Å². The van der Waals surface area contributed by atoms with Gasteiger partial charge in [0.2, 0.25) is 0 Å². The van der Waals surface area contributed by atoms with E-state index in [9.17, 15) is 19.0 Å². The third kappa shape index (κ3) is 20.6. The predicted molar refractivity (Wildman–Crippen MR) is 132 cm³/mol. The Kier molecular flexibility index (Phi) is 20.2. The second-order valence-corrected chi connectivity index (χ2v) is 8.53. The van der Waals surface area contributed by atoms with E-state index >= 15 is 0 Å². The van der Waals surface area contributed by atoms with Gasteiger partial charge < -0.3 is 20.1 Å². The summed E-state index contributed by atoms with van der Waals surface area (Å²) < 4.78 is 31.4. The first kappa shape index (κ1) is 32.0. The van der Waals surface area contributed by atoms with Gasteiger partial charge in [0.15, 0.2) is 6.10 Å². The molecule has 0 aliphatic carbocycles. The van der Waals surface area contributed by atoms with Crippen LogP contribution in [0.3, 0.4) is 0 Å². The monoisotopic (exact) mass is 501 g/mol. The number of hydrogen-bond donors (Lipinski definition) is 2. The second-order valence-electron chi connectivity index (χ2n) is 7.07. The molecule has 0 saturated carbocycles. The van der Waals surface area contributed by atoms with Crippen molar-refractivity contribution in [3.05, 3.63) is 48.6 Å². The summed E-state index contributed by atoms with van der Waals surface area (Å²) in [5.74, 6) is -1.04. The molecule has 0 spiro atoms. The molecule has 0 fully saturated rings. The molecule has 0 aliphatic heterocycles. The molecule has 0 aromatic rings. The molecule has 0 radical (unpaired) electrons. The summed E-state index contributed by atoms with van der Waals surface area (Å²) in [5, 5.41) is 0. The van der Waals surface area contributed by atoms with E-state index in [4.69, 9.17) is 19.7 Å². The molecule has 194 valence electrons. The Hall–Kier alpha value is -2.03. The van der Waals surface area contributed by atoms with Crippen molar-refractivity contribution in [1.82, 2.24) is 0 Å². The Balaban J connectivity index is 4.33. The van der Waals surface area contributed by atoms with E-state index in [0.29, 0.717) is 6.42 Å². The molecule has 0 rings (SSSR count).